The van der Waals surface area contributed by atoms with E-state index in [1.54, 1.807) is 36.2 Å². The first-order valence-corrected chi connectivity index (χ1v) is 10.9. The first kappa shape index (κ1) is 25.0. The topological polar surface area (TPSA) is 89.1 Å². The van der Waals surface area contributed by atoms with Gasteiger partial charge in [0.15, 0.2) is 11.5 Å². The molecule has 8 heteroatoms. The number of amides is 2. The number of likely N-dealkylation sites (N-methyl/N-ethyl adjacent to an activating group) is 1. The van der Waals surface area contributed by atoms with E-state index in [9.17, 15) is 9.59 Å². The standard InChI is InChI=1S/C24H33N3O5/c1-5-14-32-20-11-9-8-10-19(20)26-24(29)17-27(4)16-23(28)25-18-12-13-21(30-6-2)22(15-18)31-7-3/h8-13,15H,5-7,14,16-17H2,1-4H3,(H,25,28)(H,26,29). The van der Waals surface area contributed by atoms with Crippen molar-refractivity contribution in [2.75, 3.05) is 50.6 Å². The summed E-state index contributed by atoms with van der Waals surface area (Å²) >= 11 is 0. The Hall–Kier alpha value is -3.26. The van der Waals surface area contributed by atoms with Crippen LogP contribution in [0, 0.1) is 0 Å². The normalized spacial score (nSPS) is 10.5. The maximum Gasteiger partial charge on any atom is 0.238 e. The number of rotatable bonds is 13. The van der Waals surface area contributed by atoms with Crippen LogP contribution in [0.4, 0.5) is 11.4 Å². The van der Waals surface area contributed by atoms with Crippen LogP contribution in [-0.4, -0.2) is 56.7 Å². The van der Waals surface area contributed by atoms with Crippen LogP contribution in [-0.2, 0) is 9.59 Å². The van der Waals surface area contributed by atoms with Crippen molar-refractivity contribution in [3.63, 3.8) is 0 Å². The van der Waals surface area contributed by atoms with E-state index in [0.29, 0.717) is 48.4 Å². The number of nitrogens with one attached hydrogen (secondary N) is 2. The van der Waals surface area contributed by atoms with E-state index in [2.05, 4.69) is 10.6 Å². The Labute approximate surface area is 189 Å². The highest BCUT2D eigenvalue weighted by molar-refractivity contribution is 5.95. The van der Waals surface area contributed by atoms with Crippen LogP contribution in [0.25, 0.3) is 0 Å². The van der Waals surface area contributed by atoms with E-state index in [-0.39, 0.29) is 24.9 Å². The lowest BCUT2D eigenvalue weighted by molar-refractivity contribution is -0.119. The summed E-state index contributed by atoms with van der Waals surface area (Å²) < 4.78 is 16.8. The van der Waals surface area contributed by atoms with Crippen molar-refractivity contribution >= 4 is 23.2 Å². The predicted molar refractivity (Wildman–Crippen MR) is 126 cm³/mol. The Kier molecular flexibility index (Phi) is 10.3. The first-order valence-electron chi connectivity index (χ1n) is 10.9. The molecular weight excluding hydrogens is 410 g/mol. The van der Waals surface area contributed by atoms with Crippen molar-refractivity contribution in [2.45, 2.75) is 27.2 Å². The van der Waals surface area contributed by atoms with E-state index < -0.39 is 0 Å². The number of hydrogen-bond acceptors (Lipinski definition) is 6. The average Bonchev–Trinajstić information content (AvgIpc) is 2.75. The van der Waals surface area contributed by atoms with Crippen LogP contribution in [0.1, 0.15) is 27.2 Å². The molecule has 2 rings (SSSR count). The fourth-order valence-electron chi connectivity index (χ4n) is 2.97. The van der Waals surface area contributed by atoms with Gasteiger partial charge < -0.3 is 24.8 Å². The van der Waals surface area contributed by atoms with Crippen molar-refractivity contribution < 1.29 is 23.8 Å². The van der Waals surface area contributed by atoms with Crippen LogP contribution in [0.15, 0.2) is 42.5 Å². The van der Waals surface area contributed by atoms with Crippen molar-refractivity contribution in [1.82, 2.24) is 4.90 Å². The fraction of sp³-hybridized carbons (Fsp3) is 0.417. The molecule has 8 nitrogen and oxygen atoms in total. The molecule has 0 aliphatic carbocycles. The molecule has 2 aromatic carbocycles. The molecule has 0 heterocycles. The van der Waals surface area contributed by atoms with Crippen molar-refractivity contribution in [3.8, 4) is 17.2 Å². The van der Waals surface area contributed by atoms with Crippen LogP contribution < -0.4 is 24.8 Å². The molecule has 0 saturated heterocycles. The third kappa shape index (κ3) is 8.11. The van der Waals surface area contributed by atoms with Crippen molar-refractivity contribution in [2.24, 2.45) is 0 Å². The summed E-state index contributed by atoms with van der Waals surface area (Å²) in [5, 5.41) is 5.67. The van der Waals surface area contributed by atoms with Crippen LogP contribution in [0.5, 0.6) is 17.2 Å². The highest BCUT2D eigenvalue weighted by atomic mass is 16.5. The Morgan fingerprint density at radius 2 is 1.47 bits per heavy atom. The van der Waals surface area contributed by atoms with Gasteiger partial charge in [-0.3, -0.25) is 14.5 Å². The average molecular weight is 444 g/mol. The molecule has 0 bridgehead atoms. The number of nitrogens with zero attached hydrogens (tertiary/aromatic N) is 1. The smallest absolute Gasteiger partial charge is 0.238 e. The molecule has 174 valence electrons. The van der Waals surface area contributed by atoms with Gasteiger partial charge in [0.05, 0.1) is 38.6 Å². The summed E-state index contributed by atoms with van der Waals surface area (Å²) in [5.74, 6) is 1.36. The van der Waals surface area contributed by atoms with Gasteiger partial charge in [0.2, 0.25) is 11.8 Å². The predicted octanol–water partition coefficient (Wildman–Crippen LogP) is 3.78. The SMILES string of the molecule is CCCOc1ccccc1NC(=O)CN(C)CC(=O)Nc1ccc(OCC)c(OCC)c1. The first-order chi connectivity index (χ1) is 15.5. The summed E-state index contributed by atoms with van der Waals surface area (Å²) in [6, 6.07) is 12.5. The number of carbonyl (C=O) groups is 2. The second kappa shape index (κ2) is 13.2. The van der Waals surface area contributed by atoms with Gasteiger partial charge in [-0.2, -0.15) is 0 Å². The van der Waals surface area contributed by atoms with E-state index in [1.165, 1.54) is 0 Å². The minimum absolute atomic E-state index is 0.0541. The molecule has 0 aromatic heterocycles. The third-order valence-electron chi connectivity index (χ3n) is 4.28. The van der Waals surface area contributed by atoms with Gasteiger partial charge in [-0.25, -0.2) is 0 Å². The highest BCUT2D eigenvalue weighted by Gasteiger charge is 2.14. The van der Waals surface area contributed by atoms with E-state index >= 15 is 0 Å². The molecule has 0 radical (unpaired) electrons. The third-order valence-corrected chi connectivity index (χ3v) is 4.28. The lowest BCUT2D eigenvalue weighted by Gasteiger charge is -2.18. The summed E-state index contributed by atoms with van der Waals surface area (Å²) in [6.45, 7) is 7.50. The van der Waals surface area contributed by atoms with E-state index in [0.717, 1.165) is 6.42 Å². The van der Waals surface area contributed by atoms with Gasteiger partial charge in [-0.1, -0.05) is 19.1 Å². The number of ether oxygens (including phenoxy) is 3. The quantitative estimate of drug-likeness (QED) is 0.490. The number of para-hydroxylation sites is 2. The zero-order valence-corrected chi connectivity index (χ0v) is 19.3. The maximum absolute atomic E-state index is 12.4. The molecule has 0 aliphatic heterocycles. The molecule has 0 unspecified atom stereocenters. The molecule has 0 atom stereocenters. The van der Waals surface area contributed by atoms with Crippen molar-refractivity contribution in [1.29, 1.82) is 0 Å². The molecule has 0 saturated carbocycles. The molecular formula is C24H33N3O5. The number of hydrogen-bond donors (Lipinski definition) is 2. The summed E-state index contributed by atoms with van der Waals surface area (Å²) in [6.07, 6.45) is 0.876. The molecule has 2 amide bonds. The zero-order valence-electron chi connectivity index (χ0n) is 19.3. The van der Waals surface area contributed by atoms with Gasteiger partial charge in [0.25, 0.3) is 0 Å². The fourth-order valence-corrected chi connectivity index (χ4v) is 2.97. The molecule has 0 aliphatic rings. The summed E-state index contributed by atoms with van der Waals surface area (Å²) in [5.41, 5.74) is 1.21. The van der Waals surface area contributed by atoms with Gasteiger partial charge >= 0.3 is 0 Å². The van der Waals surface area contributed by atoms with E-state index in [4.69, 9.17) is 14.2 Å². The minimum atomic E-state index is -0.237. The minimum Gasteiger partial charge on any atom is -0.491 e. The Morgan fingerprint density at radius 3 is 2.16 bits per heavy atom. The van der Waals surface area contributed by atoms with Crippen LogP contribution in [0.2, 0.25) is 0 Å². The molecule has 0 spiro atoms. The molecule has 0 fully saturated rings. The Bertz CT molecular complexity index is 888. The number of carbonyl (C=O) groups excluding carboxylic acids is 2. The second-order valence-electron chi connectivity index (χ2n) is 7.14. The highest BCUT2D eigenvalue weighted by Crippen LogP contribution is 2.30. The lowest BCUT2D eigenvalue weighted by atomic mass is 10.2. The van der Waals surface area contributed by atoms with Crippen LogP contribution >= 0.6 is 0 Å². The van der Waals surface area contributed by atoms with Crippen molar-refractivity contribution in [3.05, 3.63) is 42.5 Å². The summed E-state index contributed by atoms with van der Waals surface area (Å²) in [7, 11) is 1.71. The molecule has 2 N–H and O–H groups in total. The molecule has 32 heavy (non-hydrogen) atoms. The van der Waals surface area contributed by atoms with Crippen LogP contribution in [0.3, 0.4) is 0 Å². The Balaban J connectivity index is 1.89. The number of benzene rings is 2. The van der Waals surface area contributed by atoms with E-state index in [1.807, 2.05) is 39.0 Å². The van der Waals surface area contributed by atoms with Gasteiger partial charge in [-0.05, 0) is 51.6 Å². The monoisotopic (exact) mass is 443 g/mol. The largest absolute Gasteiger partial charge is 0.491 e. The van der Waals surface area contributed by atoms with Gasteiger partial charge in [-0.15, -0.1) is 0 Å². The summed E-state index contributed by atoms with van der Waals surface area (Å²) in [4.78, 5) is 26.5. The maximum atomic E-state index is 12.4. The lowest BCUT2D eigenvalue weighted by Crippen LogP contribution is -2.36. The molecule has 2 aromatic rings. The van der Waals surface area contributed by atoms with Gasteiger partial charge in [0, 0.05) is 11.8 Å². The second-order valence-corrected chi connectivity index (χ2v) is 7.14. The number of anilines is 2. The zero-order chi connectivity index (χ0) is 23.3. The Morgan fingerprint density at radius 1 is 0.812 bits per heavy atom. The van der Waals surface area contributed by atoms with Gasteiger partial charge in [0.1, 0.15) is 5.75 Å².